The Kier molecular flexibility index (Phi) is 13.0. The lowest BCUT2D eigenvalue weighted by Crippen LogP contribution is -3.00. The van der Waals surface area contributed by atoms with Crippen LogP contribution in [-0.4, -0.2) is 13.1 Å². The minimum atomic E-state index is 0. The highest BCUT2D eigenvalue weighted by Gasteiger charge is 2.17. The minimum Gasteiger partial charge on any atom is -1.00 e. The molecule has 0 bridgehead atoms. The van der Waals surface area contributed by atoms with E-state index in [9.17, 15) is 0 Å². The van der Waals surface area contributed by atoms with Gasteiger partial charge in [-0.3, -0.25) is 0 Å². The lowest BCUT2D eigenvalue weighted by atomic mass is 9.97. The first kappa shape index (κ1) is 24.2. The fourth-order valence-corrected chi connectivity index (χ4v) is 3.14. The molecule has 0 aliphatic rings. The van der Waals surface area contributed by atoms with Crippen LogP contribution in [0.5, 0.6) is 0 Å². The van der Waals surface area contributed by atoms with E-state index in [4.69, 9.17) is 0 Å². The fraction of sp³-hybridized carbons (Fsp3) is 0.773. The fourth-order valence-electron chi connectivity index (χ4n) is 3.14. The highest BCUT2D eigenvalue weighted by atomic mass is 35.5. The van der Waals surface area contributed by atoms with Crippen molar-refractivity contribution in [2.75, 3.05) is 18.0 Å². The van der Waals surface area contributed by atoms with Crippen molar-refractivity contribution in [3.8, 4) is 0 Å². The molecule has 0 atom stereocenters. The zero-order chi connectivity index (χ0) is 17.8. The van der Waals surface area contributed by atoms with Gasteiger partial charge in [-0.05, 0) is 12.8 Å². The Morgan fingerprint density at radius 1 is 0.800 bits per heavy atom. The molecule has 25 heavy (non-hydrogen) atoms. The molecule has 0 aliphatic heterocycles. The van der Waals surface area contributed by atoms with Gasteiger partial charge in [0.2, 0.25) is 0 Å². The molecule has 0 unspecified atom stereocenters. The van der Waals surface area contributed by atoms with E-state index in [1.165, 1.54) is 70.1 Å². The van der Waals surface area contributed by atoms with Gasteiger partial charge < -0.3 is 17.3 Å². The lowest BCUT2D eigenvalue weighted by molar-refractivity contribution is -0.708. The van der Waals surface area contributed by atoms with Crippen molar-refractivity contribution < 1.29 is 17.0 Å². The number of anilines is 1. The summed E-state index contributed by atoms with van der Waals surface area (Å²) in [6.07, 6.45) is 15.2. The molecule has 1 aromatic rings. The molecule has 0 saturated heterocycles. The maximum absolute atomic E-state index is 2.60. The molecule has 0 fully saturated rings. The van der Waals surface area contributed by atoms with Crippen molar-refractivity contribution in [3.05, 3.63) is 24.5 Å². The zero-order valence-electron chi connectivity index (χ0n) is 17.4. The molecule has 0 radical (unpaired) electrons. The summed E-state index contributed by atoms with van der Waals surface area (Å²) >= 11 is 0. The van der Waals surface area contributed by atoms with Gasteiger partial charge in [0.15, 0.2) is 18.9 Å². The first-order valence-electron chi connectivity index (χ1n) is 10.2. The molecule has 3 heteroatoms. The van der Waals surface area contributed by atoms with Crippen molar-refractivity contribution >= 4 is 5.69 Å². The Morgan fingerprint density at radius 3 is 1.68 bits per heavy atom. The van der Waals surface area contributed by atoms with Crippen molar-refractivity contribution in [1.29, 1.82) is 0 Å². The third-order valence-corrected chi connectivity index (χ3v) is 4.46. The van der Waals surface area contributed by atoms with Gasteiger partial charge in [0, 0.05) is 36.3 Å². The third kappa shape index (κ3) is 11.5. The van der Waals surface area contributed by atoms with Crippen LogP contribution in [0.3, 0.4) is 0 Å². The largest absolute Gasteiger partial charge is 1.00 e. The van der Waals surface area contributed by atoms with Gasteiger partial charge in [-0.25, -0.2) is 4.57 Å². The molecule has 1 heterocycles. The van der Waals surface area contributed by atoms with Crippen LogP contribution in [0.2, 0.25) is 0 Å². The summed E-state index contributed by atoms with van der Waals surface area (Å²) in [6, 6.07) is 4.62. The summed E-state index contributed by atoms with van der Waals surface area (Å²) in [5.74, 6) is 0. The van der Waals surface area contributed by atoms with Crippen LogP contribution >= 0.6 is 0 Å². The summed E-state index contributed by atoms with van der Waals surface area (Å²) in [5, 5.41) is 0. The summed E-state index contributed by atoms with van der Waals surface area (Å²) in [6.45, 7) is 14.9. The Balaban J connectivity index is 0.00000576. The van der Waals surface area contributed by atoms with Crippen molar-refractivity contribution in [2.45, 2.75) is 92.5 Å². The Hall–Kier alpha value is -0.760. The molecule has 0 aliphatic carbocycles. The first-order valence-corrected chi connectivity index (χ1v) is 10.2. The van der Waals surface area contributed by atoms with Crippen LogP contribution in [0.25, 0.3) is 0 Å². The maximum atomic E-state index is 2.60. The van der Waals surface area contributed by atoms with Gasteiger partial charge in [-0.15, -0.1) is 0 Å². The average molecular weight is 369 g/mol. The number of hydrogen-bond donors (Lipinski definition) is 0. The molecule has 0 amide bonds. The highest BCUT2D eigenvalue weighted by molar-refractivity contribution is 5.43. The topological polar surface area (TPSA) is 7.12 Å². The quantitative estimate of drug-likeness (QED) is 0.406. The van der Waals surface area contributed by atoms with Gasteiger partial charge >= 0.3 is 0 Å². The minimum absolute atomic E-state index is 0. The molecule has 0 N–H and O–H groups in total. The summed E-state index contributed by atoms with van der Waals surface area (Å²) in [5.41, 5.74) is 1.72. The second kappa shape index (κ2) is 13.4. The lowest BCUT2D eigenvalue weighted by Gasteiger charge is -2.24. The van der Waals surface area contributed by atoms with E-state index in [1.807, 2.05) is 0 Å². The smallest absolute Gasteiger partial charge is 0.170 e. The first-order chi connectivity index (χ1) is 11.5. The second-order valence-electron chi connectivity index (χ2n) is 8.40. The molecule has 0 aromatic carbocycles. The van der Waals surface area contributed by atoms with Crippen LogP contribution in [0.4, 0.5) is 5.69 Å². The number of pyridine rings is 1. The van der Waals surface area contributed by atoms with Crippen molar-refractivity contribution in [2.24, 2.45) is 5.41 Å². The van der Waals surface area contributed by atoms with E-state index in [0.29, 0.717) is 5.41 Å². The molecular formula is C22H41ClN2. The number of rotatable bonds is 12. The van der Waals surface area contributed by atoms with Gasteiger partial charge in [0.1, 0.15) is 0 Å². The van der Waals surface area contributed by atoms with Crippen LogP contribution in [0.15, 0.2) is 24.5 Å². The average Bonchev–Trinajstić information content (AvgIpc) is 2.53. The number of aromatic nitrogens is 1. The summed E-state index contributed by atoms with van der Waals surface area (Å²) in [7, 11) is 0. The van der Waals surface area contributed by atoms with Gasteiger partial charge in [-0.2, -0.15) is 0 Å². The monoisotopic (exact) mass is 368 g/mol. The number of unbranched alkanes of at least 4 members (excludes halogenated alkanes) is 6. The summed E-state index contributed by atoms with van der Waals surface area (Å²) in [4.78, 5) is 2.60. The Bertz CT molecular complexity index is 411. The van der Waals surface area contributed by atoms with Crippen LogP contribution in [0.1, 0.15) is 86.0 Å². The normalized spacial score (nSPS) is 11.2. The van der Waals surface area contributed by atoms with E-state index in [2.05, 4.69) is 68.6 Å². The molecule has 0 spiro atoms. The van der Waals surface area contributed by atoms with Crippen LogP contribution in [-0.2, 0) is 6.54 Å². The second-order valence-corrected chi connectivity index (χ2v) is 8.40. The Morgan fingerprint density at radius 2 is 1.28 bits per heavy atom. The SMILES string of the molecule is CCCCCCN(CCCCCC)c1cc[n+](CC(C)(C)C)cc1.[Cl-]. The van der Waals surface area contributed by atoms with Gasteiger partial charge in [0.25, 0.3) is 0 Å². The molecule has 1 rings (SSSR count). The molecule has 2 nitrogen and oxygen atoms in total. The van der Waals surface area contributed by atoms with Gasteiger partial charge in [0.05, 0.1) is 0 Å². The van der Waals surface area contributed by atoms with E-state index in [0.717, 1.165) is 6.54 Å². The number of hydrogen-bond acceptors (Lipinski definition) is 1. The molecule has 1 aromatic heterocycles. The predicted octanol–water partition coefficient (Wildman–Crippen LogP) is 2.99. The zero-order valence-corrected chi connectivity index (χ0v) is 18.1. The van der Waals surface area contributed by atoms with E-state index >= 15 is 0 Å². The predicted molar refractivity (Wildman–Crippen MR) is 107 cm³/mol. The van der Waals surface area contributed by atoms with E-state index in [-0.39, 0.29) is 12.4 Å². The standard InChI is InChI=1S/C22H41N2.ClH/c1-6-8-10-12-16-24(17-13-11-9-7-2)21-14-18-23(19-15-21)20-22(3,4)5;/h14-15,18-19H,6-13,16-17,20H2,1-5H3;1H/q+1;/p-1. The van der Waals surface area contributed by atoms with Crippen molar-refractivity contribution in [1.82, 2.24) is 0 Å². The molecular weight excluding hydrogens is 328 g/mol. The molecule has 146 valence electrons. The van der Waals surface area contributed by atoms with Crippen LogP contribution < -0.4 is 21.9 Å². The number of nitrogens with zero attached hydrogens (tertiary/aromatic N) is 2. The Labute approximate surface area is 163 Å². The van der Waals surface area contributed by atoms with Crippen molar-refractivity contribution in [3.63, 3.8) is 0 Å². The van der Waals surface area contributed by atoms with Gasteiger partial charge in [-0.1, -0.05) is 73.1 Å². The third-order valence-electron chi connectivity index (χ3n) is 4.46. The van der Waals surface area contributed by atoms with E-state index < -0.39 is 0 Å². The van der Waals surface area contributed by atoms with E-state index in [1.54, 1.807) is 0 Å². The van der Waals surface area contributed by atoms with Crippen LogP contribution in [0, 0.1) is 5.41 Å². The summed E-state index contributed by atoms with van der Waals surface area (Å²) < 4.78 is 2.32. The highest BCUT2D eigenvalue weighted by Crippen LogP contribution is 2.17. The molecule has 0 saturated carbocycles. The number of halogens is 1. The maximum Gasteiger partial charge on any atom is 0.170 e.